The average molecular weight is 443 g/mol. The van der Waals surface area contributed by atoms with Gasteiger partial charge in [-0.15, -0.1) is 0 Å². The third kappa shape index (κ3) is 6.32. The number of thioether (sulfide) groups is 1. The van der Waals surface area contributed by atoms with Crippen LogP contribution < -0.4 is 10.2 Å². The number of fused-ring (bicyclic) bond motifs is 1. The molecular weight excluding hydrogens is 416 g/mol. The summed E-state index contributed by atoms with van der Waals surface area (Å²) in [6.45, 7) is -0.461. The minimum absolute atomic E-state index is 0.317. The molecule has 1 aliphatic heterocycles. The number of carboxylic acid groups (broad SMARTS) is 2. The molecule has 0 bridgehead atoms. The molecular formula is C23H26N2O5S. The Labute approximate surface area is 185 Å². The maximum Gasteiger partial charge on any atom is 0.323 e. The van der Waals surface area contributed by atoms with Gasteiger partial charge in [0.25, 0.3) is 0 Å². The van der Waals surface area contributed by atoms with Crippen LogP contribution in [0, 0.1) is 0 Å². The number of para-hydroxylation sites is 1. The van der Waals surface area contributed by atoms with Crippen LogP contribution in [0.3, 0.4) is 0 Å². The highest BCUT2D eigenvalue weighted by atomic mass is 32.2. The van der Waals surface area contributed by atoms with Crippen molar-refractivity contribution in [1.82, 2.24) is 5.32 Å². The van der Waals surface area contributed by atoms with E-state index >= 15 is 0 Å². The Bertz CT molecular complexity index is 921. The lowest BCUT2D eigenvalue weighted by molar-refractivity contribution is -0.140. The van der Waals surface area contributed by atoms with Crippen LogP contribution in [0.5, 0.6) is 0 Å². The third-order valence-corrected chi connectivity index (χ3v) is 6.27. The number of carbonyl (C=O) groups excluding carboxylic acids is 1. The van der Waals surface area contributed by atoms with E-state index in [0.29, 0.717) is 24.3 Å². The van der Waals surface area contributed by atoms with E-state index in [1.54, 1.807) is 12.1 Å². The third-order valence-electron chi connectivity index (χ3n) is 5.21. The number of carbonyl (C=O) groups is 3. The number of rotatable bonds is 10. The molecule has 164 valence electrons. The van der Waals surface area contributed by atoms with E-state index in [1.165, 1.54) is 22.2 Å². The van der Waals surface area contributed by atoms with Gasteiger partial charge in [-0.2, -0.15) is 11.8 Å². The number of benzene rings is 2. The first kappa shape index (κ1) is 22.8. The molecule has 31 heavy (non-hydrogen) atoms. The molecule has 0 fully saturated rings. The number of aliphatic carboxylic acids is 2. The zero-order valence-electron chi connectivity index (χ0n) is 17.1. The topological polar surface area (TPSA) is 107 Å². The van der Waals surface area contributed by atoms with Crippen molar-refractivity contribution < 1.29 is 24.6 Å². The van der Waals surface area contributed by atoms with Gasteiger partial charge in [-0.1, -0.05) is 48.5 Å². The summed E-state index contributed by atoms with van der Waals surface area (Å²) in [5, 5.41) is 21.9. The summed E-state index contributed by atoms with van der Waals surface area (Å²) in [4.78, 5) is 37.5. The Hall–Kier alpha value is -2.84. The number of aryl methyl sites for hydroxylation is 2. The zero-order chi connectivity index (χ0) is 22.2. The molecule has 0 saturated carbocycles. The van der Waals surface area contributed by atoms with E-state index in [1.807, 2.05) is 42.5 Å². The standard InChI is InChI=1S/C23H26N2O5S/c26-21(27)14-25-20-9-5-4-8-17(20)10-11-18(22(25)28)24-19(23(29)30)15-31-13-12-16-6-2-1-3-7-16/h1-9,18-19,24H,10-15H2,(H,26,27)(H,29,30)/t18-,19-/m0/s1. The first-order valence-electron chi connectivity index (χ1n) is 10.2. The maximum absolute atomic E-state index is 13.1. The van der Waals surface area contributed by atoms with Gasteiger partial charge in [0.05, 0.1) is 6.04 Å². The Morgan fingerprint density at radius 2 is 1.81 bits per heavy atom. The molecule has 7 nitrogen and oxygen atoms in total. The molecule has 1 heterocycles. The van der Waals surface area contributed by atoms with Gasteiger partial charge in [-0.05, 0) is 42.2 Å². The maximum atomic E-state index is 13.1. The van der Waals surface area contributed by atoms with Crippen molar-refractivity contribution >= 4 is 35.3 Å². The Morgan fingerprint density at radius 3 is 2.52 bits per heavy atom. The second kappa shape index (κ2) is 11.0. The zero-order valence-corrected chi connectivity index (χ0v) is 17.9. The van der Waals surface area contributed by atoms with E-state index < -0.39 is 36.5 Å². The summed E-state index contributed by atoms with van der Waals surface area (Å²) in [5.41, 5.74) is 2.64. The molecule has 0 radical (unpaired) electrons. The van der Waals surface area contributed by atoms with Crippen LogP contribution in [0.1, 0.15) is 17.5 Å². The molecule has 1 aliphatic rings. The SMILES string of the molecule is O=C(O)CN1C(=O)[C@@H](N[C@@H](CSCCc2ccccc2)C(=O)O)CCc2ccccc21. The van der Waals surface area contributed by atoms with Crippen LogP contribution in [0.15, 0.2) is 54.6 Å². The van der Waals surface area contributed by atoms with Crippen molar-refractivity contribution in [3.8, 4) is 0 Å². The molecule has 1 amide bonds. The molecule has 0 unspecified atom stereocenters. The van der Waals surface area contributed by atoms with Gasteiger partial charge < -0.3 is 10.2 Å². The number of anilines is 1. The fourth-order valence-electron chi connectivity index (χ4n) is 3.64. The summed E-state index contributed by atoms with van der Waals surface area (Å²) in [7, 11) is 0. The normalized spacial score (nSPS) is 17.0. The van der Waals surface area contributed by atoms with Crippen molar-refractivity contribution in [2.45, 2.75) is 31.3 Å². The first-order valence-corrected chi connectivity index (χ1v) is 11.3. The monoisotopic (exact) mass is 442 g/mol. The molecule has 0 spiro atoms. The molecule has 2 aromatic carbocycles. The summed E-state index contributed by atoms with van der Waals surface area (Å²) in [5.74, 6) is -1.46. The Balaban J connectivity index is 1.64. The van der Waals surface area contributed by atoms with Gasteiger partial charge in [0.1, 0.15) is 12.6 Å². The van der Waals surface area contributed by atoms with Crippen LogP contribution in [0.2, 0.25) is 0 Å². The predicted molar refractivity (Wildman–Crippen MR) is 121 cm³/mol. The van der Waals surface area contributed by atoms with Crippen molar-refractivity contribution in [3.05, 3.63) is 65.7 Å². The summed E-state index contributed by atoms with van der Waals surface area (Å²) in [6.07, 6.45) is 1.80. The first-order chi connectivity index (χ1) is 15.0. The van der Waals surface area contributed by atoms with Gasteiger partial charge in [0.2, 0.25) is 5.91 Å². The van der Waals surface area contributed by atoms with E-state index in [-0.39, 0.29) is 0 Å². The minimum Gasteiger partial charge on any atom is -0.480 e. The van der Waals surface area contributed by atoms with Gasteiger partial charge >= 0.3 is 11.9 Å². The highest BCUT2D eigenvalue weighted by Crippen LogP contribution is 2.27. The number of nitrogens with zero attached hydrogens (tertiary/aromatic N) is 1. The fourth-order valence-corrected chi connectivity index (χ4v) is 4.66. The lowest BCUT2D eigenvalue weighted by Crippen LogP contribution is -2.53. The van der Waals surface area contributed by atoms with Crippen LogP contribution in [0.25, 0.3) is 0 Å². The van der Waals surface area contributed by atoms with E-state index in [4.69, 9.17) is 0 Å². The molecule has 8 heteroatoms. The highest BCUT2D eigenvalue weighted by molar-refractivity contribution is 7.99. The number of nitrogens with one attached hydrogen (secondary N) is 1. The van der Waals surface area contributed by atoms with Crippen LogP contribution >= 0.6 is 11.8 Å². The lowest BCUT2D eigenvalue weighted by Gasteiger charge is -2.26. The largest absolute Gasteiger partial charge is 0.480 e. The van der Waals surface area contributed by atoms with E-state index in [2.05, 4.69) is 5.32 Å². The lowest BCUT2D eigenvalue weighted by atomic mass is 10.1. The van der Waals surface area contributed by atoms with Crippen LogP contribution in [-0.4, -0.2) is 58.2 Å². The van der Waals surface area contributed by atoms with Crippen molar-refractivity contribution in [2.75, 3.05) is 23.0 Å². The van der Waals surface area contributed by atoms with Gasteiger partial charge in [-0.3, -0.25) is 24.6 Å². The number of amides is 1. The van der Waals surface area contributed by atoms with Crippen molar-refractivity contribution in [1.29, 1.82) is 0 Å². The van der Waals surface area contributed by atoms with Gasteiger partial charge in [0, 0.05) is 11.4 Å². The molecule has 0 aromatic heterocycles. The second-order valence-electron chi connectivity index (χ2n) is 7.41. The molecule has 0 saturated heterocycles. The molecule has 2 atom stereocenters. The second-order valence-corrected chi connectivity index (χ2v) is 8.56. The number of hydrogen-bond donors (Lipinski definition) is 3. The summed E-state index contributed by atoms with van der Waals surface area (Å²) in [6, 6.07) is 15.5. The smallest absolute Gasteiger partial charge is 0.323 e. The quantitative estimate of drug-likeness (QED) is 0.485. The summed E-state index contributed by atoms with van der Waals surface area (Å²) < 4.78 is 0. The predicted octanol–water partition coefficient (Wildman–Crippen LogP) is 2.44. The van der Waals surface area contributed by atoms with E-state index in [9.17, 15) is 24.6 Å². The number of carboxylic acids is 2. The minimum atomic E-state index is -1.12. The Morgan fingerprint density at radius 1 is 1.10 bits per heavy atom. The molecule has 3 rings (SSSR count). The van der Waals surface area contributed by atoms with Crippen molar-refractivity contribution in [3.63, 3.8) is 0 Å². The summed E-state index contributed by atoms with van der Waals surface area (Å²) >= 11 is 1.52. The molecule has 3 N–H and O–H groups in total. The average Bonchev–Trinajstić information content (AvgIpc) is 2.88. The molecule has 0 aliphatic carbocycles. The highest BCUT2D eigenvalue weighted by Gasteiger charge is 2.34. The number of hydrogen-bond acceptors (Lipinski definition) is 5. The van der Waals surface area contributed by atoms with Crippen LogP contribution in [0.4, 0.5) is 5.69 Å². The van der Waals surface area contributed by atoms with E-state index in [0.717, 1.165) is 17.7 Å². The van der Waals surface area contributed by atoms with Crippen molar-refractivity contribution in [2.24, 2.45) is 0 Å². The van der Waals surface area contributed by atoms with Gasteiger partial charge in [-0.25, -0.2) is 0 Å². The van der Waals surface area contributed by atoms with Crippen LogP contribution in [-0.2, 0) is 27.2 Å². The fraction of sp³-hybridized carbons (Fsp3) is 0.348. The molecule has 2 aromatic rings. The van der Waals surface area contributed by atoms with Gasteiger partial charge in [0.15, 0.2) is 0 Å². The Kier molecular flexibility index (Phi) is 8.08.